The monoisotopic (exact) mass is 285 g/mol. The van der Waals surface area contributed by atoms with Crippen LogP contribution in [0.15, 0.2) is 30.3 Å². The highest BCUT2D eigenvalue weighted by Gasteiger charge is 2.17. The van der Waals surface area contributed by atoms with Crippen molar-refractivity contribution in [2.45, 2.75) is 33.2 Å². The summed E-state index contributed by atoms with van der Waals surface area (Å²) in [6, 6.07) is 10.4. The maximum absolute atomic E-state index is 5.08. The van der Waals surface area contributed by atoms with E-state index >= 15 is 0 Å². The normalized spacial score (nSPS) is 12.2. The Hall–Kier alpha value is -1.94. The van der Waals surface area contributed by atoms with E-state index in [2.05, 4.69) is 54.5 Å². The first-order valence-electron chi connectivity index (χ1n) is 7.33. The molecule has 0 amide bonds. The molecule has 1 unspecified atom stereocenters. The van der Waals surface area contributed by atoms with Crippen molar-refractivity contribution in [1.29, 1.82) is 0 Å². The summed E-state index contributed by atoms with van der Waals surface area (Å²) in [5.41, 5.74) is 4.69. The van der Waals surface area contributed by atoms with Gasteiger partial charge in [0.15, 0.2) is 0 Å². The third-order valence-corrected chi connectivity index (χ3v) is 3.50. The Bertz CT molecular complexity index is 581. The molecule has 21 heavy (non-hydrogen) atoms. The number of nitrogens with zero attached hydrogens (tertiary/aromatic N) is 2. The molecule has 0 radical (unpaired) electrons. The molecule has 0 aliphatic heterocycles. The molecular weight excluding hydrogens is 262 g/mol. The van der Waals surface area contributed by atoms with E-state index in [-0.39, 0.29) is 6.04 Å². The second kappa shape index (κ2) is 7.18. The zero-order valence-electron chi connectivity index (χ0n) is 13.2. The van der Waals surface area contributed by atoms with E-state index in [9.17, 15) is 0 Å². The lowest BCUT2D eigenvalue weighted by atomic mass is 9.96. The van der Waals surface area contributed by atoms with Gasteiger partial charge in [0, 0.05) is 6.07 Å². The minimum absolute atomic E-state index is 0.0592. The van der Waals surface area contributed by atoms with Crippen molar-refractivity contribution in [3.05, 3.63) is 52.7 Å². The van der Waals surface area contributed by atoms with E-state index in [1.807, 2.05) is 12.1 Å². The van der Waals surface area contributed by atoms with Crippen LogP contribution in [0.3, 0.4) is 0 Å². The van der Waals surface area contributed by atoms with Crippen LogP contribution in [0.1, 0.15) is 41.8 Å². The van der Waals surface area contributed by atoms with Gasteiger partial charge in [0.05, 0.1) is 18.8 Å². The molecular formula is C17H23N3O. The minimum Gasteiger partial charge on any atom is -0.480 e. The lowest BCUT2D eigenvalue weighted by molar-refractivity contribution is 0.390. The number of hydrogen-bond acceptors (Lipinski definition) is 4. The van der Waals surface area contributed by atoms with Crippen molar-refractivity contribution < 1.29 is 4.74 Å². The summed E-state index contributed by atoms with van der Waals surface area (Å²) in [6.07, 6.45) is 1.07. The number of hydrogen-bond donors (Lipinski definition) is 1. The predicted molar refractivity (Wildman–Crippen MR) is 84.6 cm³/mol. The van der Waals surface area contributed by atoms with Crippen molar-refractivity contribution in [1.82, 2.24) is 15.5 Å². The first kappa shape index (κ1) is 15.4. The zero-order valence-corrected chi connectivity index (χ0v) is 13.2. The summed E-state index contributed by atoms with van der Waals surface area (Å²) in [4.78, 5) is 0. The fraction of sp³-hybridized carbons (Fsp3) is 0.412. The quantitative estimate of drug-likeness (QED) is 0.885. The van der Waals surface area contributed by atoms with Crippen molar-refractivity contribution >= 4 is 0 Å². The number of rotatable bonds is 6. The molecule has 0 bridgehead atoms. The first-order valence-corrected chi connectivity index (χ1v) is 7.33. The lowest BCUT2D eigenvalue weighted by Gasteiger charge is -2.20. The van der Waals surface area contributed by atoms with Gasteiger partial charge in [-0.2, -0.15) is 0 Å². The highest BCUT2D eigenvalue weighted by atomic mass is 16.5. The predicted octanol–water partition coefficient (Wildman–Crippen LogP) is 3.19. The summed E-state index contributed by atoms with van der Waals surface area (Å²) in [5.74, 6) is 0.536. The molecule has 0 aliphatic rings. The third-order valence-electron chi connectivity index (χ3n) is 3.50. The summed E-state index contributed by atoms with van der Waals surface area (Å²) in [5, 5.41) is 11.9. The van der Waals surface area contributed by atoms with Crippen molar-refractivity contribution in [2.24, 2.45) is 0 Å². The largest absolute Gasteiger partial charge is 0.480 e. The topological polar surface area (TPSA) is 47.0 Å². The maximum Gasteiger partial charge on any atom is 0.233 e. The molecule has 112 valence electrons. The van der Waals surface area contributed by atoms with Crippen LogP contribution in [0.25, 0.3) is 0 Å². The average molecular weight is 285 g/mol. The Morgan fingerprint density at radius 3 is 2.52 bits per heavy atom. The smallest absolute Gasteiger partial charge is 0.233 e. The number of aromatic nitrogens is 2. The van der Waals surface area contributed by atoms with Crippen LogP contribution in [-0.2, 0) is 0 Å². The zero-order chi connectivity index (χ0) is 15.2. The molecule has 0 aliphatic carbocycles. The molecule has 1 aromatic carbocycles. The summed E-state index contributed by atoms with van der Waals surface area (Å²) < 4.78 is 5.08. The number of benzene rings is 1. The van der Waals surface area contributed by atoms with Gasteiger partial charge in [-0.3, -0.25) is 0 Å². The van der Waals surface area contributed by atoms with Crippen LogP contribution in [0.2, 0.25) is 0 Å². The Kier molecular flexibility index (Phi) is 5.28. The van der Waals surface area contributed by atoms with E-state index in [4.69, 9.17) is 4.74 Å². The summed E-state index contributed by atoms with van der Waals surface area (Å²) in [6.45, 7) is 7.34. The van der Waals surface area contributed by atoms with Gasteiger partial charge in [-0.15, -0.1) is 10.2 Å². The number of ether oxygens (including phenoxy) is 1. The van der Waals surface area contributed by atoms with Gasteiger partial charge in [-0.1, -0.05) is 30.7 Å². The molecule has 0 spiro atoms. The van der Waals surface area contributed by atoms with E-state index in [0.717, 1.165) is 18.7 Å². The van der Waals surface area contributed by atoms with Crippen LogP contribution in [0.4, 0.5) is 0 Å². The highest BCUT2D eigenvalue weighted by Crippen LogP contribution is 2.24. The van der Waals surface area contributed by atoms with Crippen molar-refractivity contribution in [2.75, 3.05) is 13.7 Å². The molecule has 4 heteroatoms. The number of nitrogens with one attached hydrogen (secondary N) is 1. The molecule has 2 rings (SSSR count). The van der Waals surface area contributed by atoms with E-state index in [1.165, 1.54) is 16.7 Å². The maximum atomic E-state index is 5.08. The van der Waals surface area contributed by atoms with Crippen molar-refractivity contribution in [3.8, 4) is 5.88 Å². The first-order chi connectivity index (χ1) is 10.2. The van der Waals surface area contributed by atoms with E-state index in [1.54, 1.807) is 7.11 Å². The van der Waals surface area contributed by atoms with Gasteiger partial charge in [-0.05, 0) is 44.0 Å². The second-order valence-electron chi connectivity index (χ2n) is 5.25. The van der Waals surface area contributed by atoms with Crippen LogP contribution in [0, 0.1) is 13.8 Å². The fourth-order valence-corrected chi connectivity index (χ4v) is 2.41. The molecule has 0 fully saturated rings. The van der Waals surface area contributed by atoms with Crippen LogP contribution in [0.5, 0.6) is 5.88 Å². The fourth-order valence-electron chi connectivity index (χ4n) is 2.41. The SMILES string of the molecule is CCCNC(c1ccc(OC)nn1)c1ccc(C)cc1C. The van der Waals surface area contributed by atoms with Gasteiger partial charge in [0.2, 0.25) is 5.88 Å². The van der Waals surface area contributed by atoms with Gasteiger partial charge >= 0.3 is 0 Å². The Balaban J connectivity index is 2.36. The molecule has 1 aromatic heterocycles. The van der Waals surface area contributed by atoms with Gasteiger partial charge in [0.1, 0.15) is 0 Å². The Morgan fingerprint density at radius 2 is 1.95 bits per heavy atom. The van der Waals surface area contributed by atoms with E-state index < -0.39 is 0 Å². The molecule has 0 saturated carbocycles. The van der Waals surface area contributed by atoms with Crippen LogP contribution in [-0.4, -0.2) is 23.9 Å². The standard InChI is InChI=1S/C17H23N3O/c1-5-10-18-17(14-7-6-12(2)11-13(14)3)15-8-9-16(21-4)20-19-15/h6-9,11,17-18H,5,10H2,1-4H3. The molecule has 1 heterocycles. The van der Waals surface area contributed by atoms with Crippen LogP contribution >= 0.6 is 0 Å². The highest BCUT2D eigenvalue weighted by molar-refractivity contribution is 5.37. The van der Waals surface area contributed by atoms with Crippen LogP contribution < -0.4 is 10.1 Å². The molecule has 1 atom stereocenters. The number of methoxy groups -OCH3 is 1. The molecule has 4 nitrogen and oxygen atoms in total. The van der Waals surface area contributed by atoms with Gasteiger partial charge in [0.25, 0.3) is 0 Å². The average Bonchev–Trinajstić information content (AvgIpc) is 2.50. The van der Waals surface area contributed by atoms with Gasteiger partial charge < -0.3 is 10.1 Å². The molecule has 0 saturated heterocycles. The second-order valence-corrected chi connectivity index (χ2v) is 5.25. The molecule has 2 aromatic rings. The van der Waals surface area contributed by atoms with Gasteiger partial charge in [-0.25, -0.2) is 0 Å². The number of aryl methyl sites for hydroxylation is 2. The summed E-state index contributed by atoms with van der Waals surface area (Å²) >= 11 is 0. The minimum atomic E-state index is 0.0592. The lowest BCUT2D eigenvalue weighted by Crippen LogP contribution is -2.25. The van der Waals surface area contributed by atoms with E-state index in [0.29, 0.717) is 5.88 Å². The summed E-state index contributed by atoms with van der Waals surface area (Å²) in [7, 11) is 1.60. The molecule has 1 N–H and O–H groups in total. The van der Waals surface area contributed by atoms with Crippen molar-refractivity contribution in [3.63, 3.8) is 0 Å². The Morgan fingerprint density at radius 1 is 1.14 bits per heavy atom. The Labute approximate surface area is 126 Å². The third kappa shape index (κ3) is 3.79.